The third-order valence-corrected chi connectivity index (χ3v) is 6.65. The van der Waals surface area contributed by atoms with E-state index in [4.69, 9.17) is 0 Å². The molecule has 0 radical (unpaired) electrons. The summed E-state index contributed by atoms with van der Waals surface area (Å²) in [5, 5.41) is 22.9. The zero-order chi connectivity index (χ0) is 16.8. The molecule has 1 aromatic rings. The van der Waals surface area contributed by atoms with Gasteiger partial charge in [-0.15, -0.1) is 23.1 Å². The van der Waals surface area contributed by atoms with Crippen molar-refractivity contribution < 1.29 is 76.0 Å². The van der Waals surface area contributed by atoms with Crippen LogP contribution in [0.3, 0.4) is 0 Å². The maximum absolute atomic E-state index is 12.5. The average molecular weight is 395 g/mol. The van der Waals surface area contributed by atoms with E-state index in [1.807, 2.05) is 5.38 Å². The number of hydrogen-bond acceptors (Lipinski definition) is 7. The van der Waals surface area contributed by atoms with Crippen LogP contribution in [0.4, 0.5) is 5.00 Å². The van der Waals surface area contributed by atoms with Gasteiger partial charge in [-0.05, 0) is 17.5 Å². The fourth-order valence-electron chi connectivity index (χ4n) is 2.89. The molecule has 24 heavy (non-hydrogen) atoms. The van der Waals surface area contributed by atoms with Crippen molar-refractivity contribution in [3.05, 3.63) is 17.5 Å². The number of carboxylic acids is 1. The van der Waals surface area contributed by atoms with Crippen LogP contribution in [0.15, 0.2) is 17.5 Å². The van der Waals surface area contributed by atoms with E-state index in [9.17, 15) is 24.6 Å². The second kappa shape index (κ2) is 7.74. The molecule has 0 saturated carbocycles. The number of carbonyl (C=O) groups excluding carboxylic acids is 3. The van der Waals surface area contributed by atoms with Crippen LogP contribution in [0.5, 0.6) is 0 Å². The van der Waals surface area contributed by atoms with E-state index in [0.29, 0.717) is 5.00 Å². The number of thiophene rings is 1. The van der Waals surface area contributed by atoms with Crippen molar-refractivity contribution in [2.24, 2.45) is 5.41 Å². The van der Waals surface area contributed by atoms with Gasteiger partial charge in [0.25, 0.3) is 0 Å². The minimum absolute atomic E-state index is 0. The summed E-state index contributed by atoms with van der Waals surface area (Å²) in [7, 11) is 0. The maximum Gasteiger partial charge on any atom is 1.00 e. The summed E-state index contributed by atoms with van der Waals surface area (Å²) in [5.41, 5.74) is -1.44. The SMILES string of the molecule is CC(=O)N(c1cccs1)C1C(=O)N2CC(CO)(C(=O)[O-])CS[C@H]12.[K+]. The number of hydrogen-bond donors (Lipinski definition) is 1. The van der Waals surface area contributed by atoms with Gasteiger partial charge in [0.05, 0.1) is 23.0 Å². The number of nitrogens with zero attached hydrogens (tertiary/aromatic N) is 2. The molecular weight excluding hydrogens is 379 g/mol. The van der Waals surface area contributed by atoms with Crippen LogP contribution >= 0.6 is 23.1 Å². The largest absolute Gasteiger partial charge is 1.00 e. The number of thioether (sulfide) groups is 1. The van der Waals surface area contributed by atoms with E-state index >= 15 is 0 Å². The molecule has 2 aliphatic heterocycles. The first kappa shape index (κ1) is 20.4. The second-order valence-electron chi connectivity index (χ2n) is 5.68. The minimum atomic E-state index is -1.44. The summed E-state index contributed by atoms with van der Waals surface area (Å²) >= 11 is 2.63. The quantitative estimate of drug-likeness (QED) is 0.414. The van der Waals surface area contributed by atoms with Crippen LogP contribution < -0.4 is 61.4 Å². The van der Waals surface area contributed by atoms with Crippen molar-refractivity contribution in [2.75, 3.05) is 23.8 Å². The van der Waals surface area contributed by atoms with Gasteiger partial charge < -0.3 is 19.9 Å². The van der Waals surface area contributed by atoms with Gasteiger partial charge in [0.2, 0.25) is 11.8 Å². The second-order valence-corrected chi connectivity index (χ2v) is 7.71. The van der Waals surface area contributed by atoms with Gasteiger partial charge in [0.15, 0.2) is 0 Å². The number of β-lactam (4-membered cyclic amide) rings is 1. The number of aliphatic hydroxyl groups excluding tert-OH is 1. The normalized spacial score (nSPS) is 28.4. The van der Waals surface area contributed by atoms with Gasteiger partial charge in [0.1, 0.15) is 11.4 Å². The number of carbonyl (C=O) groups is 3. The van der Waals surface area contributed by atoms with Crippen molar-refractivity contribution in [1.29, 1.82) is 0 Å². The van der Waals surface area contributed by atoms with Gasteiger partial charge in [-0.2, -0.15) is 0 Å². The first-order valence-corrected chi connectivity index (χ1v) is 8.92. The summed E-state index contributed by atoms with van der Waals surface area (Å²) in [6.07, 6.45) is 0. The van der Waals surface area contributed by atoms with Gasteiger partial charge >= 0.3 is 51.4 Å². The molecular formula is C14H15KN2O5S2. The summed E-state index contributed by atoms with van der Waals surface area (Å²) in [6, 6.07) is 2.95. The van der Waals surface area contributed by atoms with Crippen molar-refractivity contribution in [2.45, 2.75) is 18.3 Å². The maximum atomic E-state index is 12.5. The van der Waals surface area contributed by atoms with Crippen molar-refractivity contribution in [3.8, 4) is 0 Å². The predicted octanol–water partition coefficient (Wildman–Crippen LogP) is -3.88. The average Bonchev–Trinajstić information content (AvgIpc) is 3.04. The Kier molecular flexibility index (Phi) is 6.57. The summed E-state index contributed by atoms with van der Waals surface area (Å²) in [4.78, 5) is 38.7. The fraction of sp³-hybridized carbons (Fsp3) is 0.500. The molecule has 2 aliphatic rings. The summed E-state index contributed by atoms with van der Waals surface area (Å²) < 4.78 is 0. The van der Waals surface area contributed by atoms with E-state index in [2.05, 4.69) is 0 Å². The van der Waals surface area contributed by atoms with Gasteiger partial charge in [-0.3, -0.25) is 14.5 Å². The molecule has 3 heterocycles. The Morgan fingerprint density at radius 3 is 2.75 bits per heavy atom. The number of anilines is 1. The molecule has 3 atom stereocenters. The number of rotatable bonds is 4. The molecule has 2 saturated heterocycles. The summed E-state index contributed by atoms with van der Waals surface area (Å²) in [5.74, 6) is -1.74. The van der Waals surface area contributed by atoms with Crippen LogP contribution in [-0.4, -0.2) is 58.1 Å². The van der Waals surface area contributed by atoms with Gasteiger partial charge in [0, 0.05) is 19.2 Å². The molecule has 0 spiro atoms. The fourth-order valence-corrected chi connectivity index (χ4v) is 5.27. The molecule has 3 rings (SSSR count). The van der Waals surface area contributed by atoms with Crippen molar-refractivity contribution >= 4 is 45.9 Å². The predicted molar refractivity (Wildman–Crippen MR) is 83.8 cm³/mol. The Balaban J connectivity index is 0.00000208. The zero-order valence-corrected chi connectivity index (χ0v) is 18.1. The first-order chi connectivity index (χ1) is 10.9. The molecule has 124 valence electrons. The smallest absolute Gasteiger partial charge is 0.549 e. The third kappa shape index (κ3) is 3.23. The Morgan fingerprint density at radius 2 is 2.25 bits per heavy atom. The molecule has 7 nitrogen and oxygen atoms in total. The number of aliphatic hydroxyl groups is 1. The first-order valence-electron chi connectivity index (χ1n) is 6.99. The van der Waals surface area contributed by atoms with Crippen molar-refractivity contribution in [3.63, 3.8) is 0 Å². The van der Waals surface area contributed by atoms with Crippen LogP contribution in [0.25, 0.3) is 0 Å². The van der Waals surface area contributed by atoms with E-state index in [1.165, 1.54) is 39.8 Å². The minimum Gasteiger partial charge on any atom is -0.549 e. The number of fused-ring (bicyclic) bond motifs is 1. The molecule has 0 bridgehead atoms. The Labute approximate surface area is 189 Å². The number of amides is 2. The molecule has 2 fully saturated rings. The van der Waals surface area contributed by atoms with E-state index in [1.54, 1.807) is 12.1 Å². The third-order valence-electron chi connectivity index (χ3n) is 4.21. The van der Waals surface area contributed by atoms with E-state index < -0.39 is 24.0 Å². The van der Waals surface area contributed by atoms with E-state index in [0.717, 1.165) is 0 Å². The van der Waals surface area contributed by atoms with Crippen LogP contribution in [0.2, 0.25) is 0 Å². The van der Waals surface area contributed by atoms with Crippen LogP contribution in [0, 0.1) is 5.41 Å². The number of carboxylic acid groups (broad SMARTS) is 1. The van der Waals surface area contributed by atoms with Crippen molar-refractivity contribution in [1.82, 2.24) is 4.90 Å². The molecule has 0 aliphatic carbocycles. The zero-order valence-electron chi connectivity index (χ0n) is 13.3. The molecule has 1 N–H and O–H groups in total. The Bertz CT molecular complexity index is 656. The number of aliphatic carboxylic acids is 1. The van der Waals surface area contributed by atoms with E-state index in [-0.39, 0.29) is 80.9 Å². The van der Waals surface area contributed by atoms with Gasteiger partial charge in [-0.25, -0.2) is 0 Å². The summed E-state index contributed by atoms with van der Waals surface area (Å²) in [6.45, 7) is 0.738. The molecule has 2 amide bonds. The Hall–Kier alpha value is 0.0564. The van der Waals surface area contributed by atoms with Crippen LogP contribution in [-0.2, 0) is 14.4 Å². The molecule has 0 aromatic carbocycles. The molecule has 10 heteroatoms. The van der Waals surface area contributed by atoms with Crippen LogP contribution in [0.1, 0.15) is 6.92 Å². The molecule has 2 unspecified atom stereocenters. The van der Waals surface area contributed by atoms with Gasteiger partial charge in [-0.1, -0.05) is 0 Å². The molecule has 1 aromatic heterocycles. The standard InChI is InChI=1S/C14H16N2O5S2.K/c1-8(18)16(9-3-2-4-22-9)10-11(19)15-5-14(6-17,13(20)21)7-23-12(10)15;/h2-4,10,12,17H,5-7H2,1H3,(H,20,21);/q;+1/p-1/t10?,12-,14?;/m1./s1. The topological polar surface area (TPSA) is 101 Å². The Morgan fingerprint density at radius 1 is 1.54 bits per heavy atom. The monoisotopic (exact) mass is 394 g/mol.